The van der Waals surface area contributed by atoms with E-state index in [1.807, 2.05) is 0 Å². The van der Waals surface area contributed by atoms with Crippen LogP contribution in [0.2, 0.25) is 5.02 Å². The lowest BCUT2D eigenvalue weighted by Gasteiger charge is -1.99. The lowest BCUT2D eigenvalue weighted by atomic mass is 10.2. The molecule has 2 aromatic heterocycles. The van der Waals surface area contributed by atoms with Gasteiger partial charge in [-0.1, -0.05) is 11.6 Å². The van der Waals surface area contributed by atoms with Crippen LogP contribution in [-0.2, 0) is 0 Å². The summed E-state index contributed by atoms with van der Waals surface area (Å²) in [7, 11) is 0. The Balaban J connectivity index is 2.41. The van der Waals surface area contributed by atoms with Gasteiger partial charge in [0.05, 0.1) is 10.6 Å². The first-order valence-electron chi connectivity index (χ1n) is 4.18. The molecule has 0 aliphatic carbocycles. The Morgan fingerprint density at radius 2 is 1.87 bits per heavy atom. The fraction of sp³-hybridized carbons (Fsp3) is 0. The Labute approximate surface area is 91.0 Å². The average molecular weight is 220 g/mol. The summed E-state index contributed by atoms with van der Waals surface area (Å²) in [5, 5.41) is 0.524. The predicted molar refractivity (Wildman–Crippen MR) is 55.7 cm³/mol. The molecule has 0 amide bonds. The van der Waals surface area contributed by atoms with Crippen molar-refractivity contribution in [1.82, 2.24) is 15.0 Å². The van der Waals surface area contributed by atoms with Crippen molar-refractivity contribution >= 4 is 17.9 Å². The molecule has 0 aromatic carbocycles. The van der Waals surface area contributed by atoms with Gasteiger partial charge < -0.3 is 0 Å². The van der Waals surface area contributed by atoms with Gasteiger partial charge in [0.15, 0.2) is 12.1 Å². The second-order valence-corrected chi connectivity index (χ2v) is 3.29. The molecule has 2 heterocycles. The number of hydrogen-bond acceptors (Lipinski definition) is 4. The quantitative estimate of drug-likeness (QED) is 0.725. The van der Waals surface area contributed by atoms with E-state index in [2.05, 4.69) is 15.0 Å². The molecule has 0 unspecified atom stereocenters. The summed E-state index contributed by atoms with van der Waals surface area (Å²) in [5.74, 6) is 0.496. The summed E-state index contributed by atoms with van der Waals surface area (Å²) in [6, 6.07) is 1.71. The van der Waals surface area contributed by atoms with E-state index in [0.29, 0.717) is 22.7 Å². The molecule has 0 atom stereocenters. The van der Waals surface area contributed by atoms with Crippen LogP contribution in [0.15, 0.2) is 30.9 Å². The first kappa shape index (κ1) is 9.73. The minimum atomic E-state index is 0.439. The normalized spacial score (nSPS) is 9.93. The maximum atomic E-state index is 10.4. The van der Waals surface area contributed by atoms with E-state index in [1.165, 1.54) is 18.6 Å². The Kier molecular flexibility index (Phi) is 2.69. The number of rotatable bonds is 2. The van der Waals surface area contributed by atoms with Gasteiger partial charge in [0.1, 0.15) is 0 Å². The number of halogens is 1. The lowest BCUT2D eigenvalue weighted by Crippen LogP contribution is -1.91. The van der Waals surface area contributed by atoms with E-state index in [1.54, 1.807) is 12.3 Å². The number of carbonyl (C=O) groups is 1. The minimum absolute atomic E-state index is 0.439. The van der Waals surface area contributed by atoms with Crippen molar-refractivity contribution in [2.24, 2.45) is 0 Å². The maximum Gasteiger partial charge on any atom is 0.160 e. The van der Waals surface area contributed by atoms with Gasteiger partial charge in [-0.2, -0.15) is 0 Å². The van der Waals surface area contributed by atoms with Crippen LogP contribution in [0.25, 0.3) is 11.4 Å². The van der Waals surface area contributed by atoms with Crippen molar-refractivity contribution in [3.05, 3.63) is 41.4 Å². The van der Waals surface area contributed by atoms with E-state index in [4.69, 9.17) is 11.6 Å². The van der Waals surface area contributed by atoms with E-state index < -0.39 is 0 Å². The number of carbonyl (C=O) groups excluding carboxylic acids is 1. The van der Waals surface area contributed by atoms with E-state index in [0.717, 1.165) is 5.56 Å². The molecule has 0 radical (unpaired) electrons. The number of aromatic nitrogens is 3. The second-order valence-electron chi connectivity index (χ2n) is 2.85. The van der Waals surface area contributed by atoms with Crippen molar-refractivity contribution in [3.63, 3.8) is 0 Å². The lowest BCUT2D eigenvalue weighted by molar-refractivity contribution is 0.112. The van der Waals surface area contributed by atoms with Crippen LogP contribution in [0.4, 0.5) is 0 Å². The van der Waals surface area contributed by atoms with Gasteiger partial charge in [0, 0.05) is 30.4 Å². The van der Waals surface area contributed by atoms with Gasteiger partial charge in [-0.25, -0.2) is 9.97 Å². The van der Waals surface area contributed by atoms with Gasteiger partial charge in [0.2, 0.25) is 0 Å². The van der Waals surface area contributed by atoms with Crippen LogP contribution in [0.5, 0.6) is 0 Å². The van der Waals surface area contributed by atoms with Crippen molar-refractivity contribution in [2.45, 2.75) is 0 Å². The molecule has 74 valence electrons. The van der Waals surface area contributed by atoms with Crippen molar-refractivity contribution < 1.29 is 4.79 Å². The topological polar surface area (TPSA) is 55.7 Å². The van der Waals surface area contributed by atoms with Crippen molar-refractivity contribution in [2.75, 3.05) is 0 Å². The molecule has 4 nitrogen and oxygen atoms in total. The number of pyridine rings is 1. The predicted octanol–water partition coefficient (Wildman–Crippen LogP) is 2.00. The maximum absolute atomic E-state index is 10.4. The molecule has 0 aliphatic heterocycles. The second kappa shape index (κ2) is 4.14. The standard InChI is InChI=1S/C10H6ClN3O/c11-9-1-8(4-12-5-9)10-13-2-7(6-15)3-14-10/h1-6H. The molecule has 0 fully saturated rings. The smallest absolute Gasteiger partial charge is 0.160 e. The molecule has 0 aliphatic rings. The molecule has 15 heavy (non-hydrogen) atoms. The zero-order valence-electron chi connectivity index (χ0n) is 7.59. The molecule has 2 rings (SSSR count). The van der Waals surface area contributed by atoms with Gasteiger partial charge >= 0.3 is 0 Å². The summed E-state index contributed by atoms with van der Waals surface area (Å²) in [4.78, 5) is 22.4. The molecule has 0 saturated heterocycles. The summed E-state index contributed by atoms with van der Waals surface area (Å²) in [6.45, 7) is 0. The van der Waals surface area contributed by atoms with Crippen LogP contribution >= 0.6 is 11.6 Å². The Hall–Kier alpha value is -1.81. The van der Waals surface area contributed by atoms with Gasteiger partial charge in [-0.3, -0.25) is 9.78 Å². The first-order chi connectivity index (χ1) is 7.29. The highest BCUT2D eigenvalue weighted by Crippen LogP contribution is 2.16. The third-order valence-corrected chi connectivity index (χ3v) is 1.98. The Bertz CT molecular complexity index is 484. The molecule has 5 heteroatoms. The van der Waals surface area contributed by atoms with Gasteiger partial charge in [-0.15, -0.1) is 0 Å². The molecule has 2 aromatic rings. The van der Waals surface area contributed by atoms with Crippen LogP contribution in [0.1, 0.15) is 10.4 Å². The highest BCUT2D eigenvalue weighted by Gasteiger charge is 2.02. The van der Waals surface area contributed by atoms with E-state index in [9.17, 15) is 4.79 Å². The molecular formula is C10H6ClN3O. The Morgan fingerprint density at radius 1 is 1.13 bits per heavy atom. The molecule has 0 bridgehead atoms. The third-order valence-electron chi connectivity index (χ3n) is 1.77. The zero-order chi connectivity index (χ0) is 10.7. The number of nitrogens with zero attached hydrogens (tertiary/aromatic N) is 3. The fourth-order valence-electron chi connectivity index (χ4n) is 1.08. The first-order valence-corrected chi connectivity index (χ1v) is 4.55. The minimum Gasteiger partial charge on any atom is -0.298 e. The van der Waals surface area contributed by atoms with Gasteiger partial charge in [-0.05, 0) is 6.07 Å². The molecular weight excluding hydrogens is 214 g/mol. The van der Waals surface area contributed by atoms with Crippen molar-refractivity contribution in [3.8, 4) is 11.4 Å². The number of aldehydes is 1. The highest BCUT2D eigenvalue weighted by molar-refractivity contribution is 6.30. The van der Waals surface area contributed by atoms with Crippen LogP contribution < -0.4 is 0 Å². The van der Waals surface area contributed by atoms with Crippen LogP contribution in [-0.4, -0.2) is 21.2 Å². The third kappa shape index (κ3) is 2.16. The Morgan fingerprint density at radius 3 is 2.47 bits per heavy atom. The summed E-state index contributed by atoms with van der Waals surface area (Å²) in [5.41, 5.74) is 1.16. The summed E-state index contributed by atoms with van der Waals surface area (Å²) < 4.78 is 0. The number of hydrogen-bond donors (Lipinski definition) is 0. The van der Waals surface area contributed by atoms with Gasteiger partial charge in [0.25, 0.3) is 0 Å². The van der Waals surface area contributed by atoms with Crippen molar-refractivity contribution in [1.29, 1.82) is 0 Å². The van der Waals surface area contributed by atoms with Crippen LogP contribution in [0, 0.1) is 0 Å². The fourth-order valence-corrected chi connectivity index (χ4v) is 1.26. The summed E-state index contributed by atoms with van der Waals surface area (Å²) in [6.07, 6.45) is 6.75. The SMILES string of the molecule is O=Cc1cnc(-c2cncc(Cl)c2)nc1. The zero-order valence-corrected chi connectivity index (χ0v) is 8.35. The van der Waals surface area contributed by atoms with E-state index in [-0.39, 0.29) is 0 Å². The summed E-state index contributed by atoms with van der Waals surface area (Å²) >= 11 is 5.78. The average Bonchev–Trinajstić information content (AvgIpc) is 2.29. The van der Waals surface area contributed by atoms with E-state index >= 15 is 0 Å². The molecule has 0 N–H and O–H groups in total. The van der Waals surface area contributed by atoms with Crippen LogP contribution in [0.3, 0.4) is 0 Å². The highest BCUT2D eigenvalue weighted by atomic mass is 35.5. The monoisotopic (exact) mass is 219 g/mol. The molecule has 0 saturated carbocycles. The molecule has 0 spiro atoms. The largest absolute Gasteiger partial charge is 0.298 e.